The molecule has 1 aromatic heterocycles. The van der Waals surface area contributed by atoms with Gasteiger partial charge in [0, 0.05) is 13.2 Å². The highest BCUT2D eigenvalue weighted by Crippen LogP contribution is 2.43. The number of aliphatic carboxylic acids is 1. The average Bonchev–Trinajstić information content (AvgIpc) is 2.71. The summed E-state index contributed by atoms with van der Waals surface area (Å²) < 4.78 is 10.5. The van der Waals surface area contributed by atoms with E-state index in [-0.39, 0.29) is 5.41 Å². The second kappa shape index (κ2) is 4.29. The van der Waals surface area contributed by atoms with Crippen LogP contribution >= 0.6 is 0 Å². The predicted molar refractivity (Wildman–Crippen MR) is 57.2 cm³/mol. The molecule has 1 N–H and O–H groups in total. The SMILES string of the molecule is CC1(C(C(=O)O)c2ccco2)CCOCC1. The molecule has 1 aromatic rings. The largest absolute Gasteiger partial charge is 0.481 e. The molecule has 1 aliphatic rings. The van der Waals surface area contributed by atoms with Gasteiger partial charge in [0.25, 0.3) is 0 Å². The summed E-state index contributed by atoms with van der Waals surface area (Å²) in [5.41, 5.74) is -0.276. The molecule has 1 fully saturated rings. The van der Waals surface area contributed by atoms with Crippen molar-refractivity contribution in [1.29, 1.82) is 0 Å². The zero-order valence-electron chi connectivity index (χ0n) is 9.31. The van der Waals surface area contributed by atoms with Crippen LogP contribution in [0, 0.1) is 5.41 Å². The minimum Gasteiger partial charge on any atom is -0.481 e. The van der Waals surface area contributed by atoms with Gasteiger partial charge in [-0.15, -0.1) is 0 Å². The van der Waals surface area contributed by atoms with E-state index in [9.17, 15) is 9.90 Å². The van der Waals surface area contributed by atoms with Crippen LogP contribution in [0.15, 0.2) is 22.8 Å². The number of hydrogen-bond donors (Lipinski definition) is 1. The van der Waals surface area contributed by atoms with E-state index in [0.29, 0.717) is 19.0 Å². The second-order valence-corrected chi connectivity index (χ2v) is 4.55. The highest BCUT2D eigenvalue weighted by molar-refractivity contribution is 5.76. The lowest BCUT2D eigenvalue weighted by Crippen LogP contribution is -2.36. The number of furan rings is 1. The zero-order valence-corrected chi connectivity index (χ0v) is 9.31. The van der Waals surface area contributed by atoms with Gasteiger partial charge in [-0.1, -0.05) is 6.92 Å². The van der Waals surface area contributed by atoms with Crippen LogP contribution in [0.2, 0.25) is 0 Å². The molecule has 0 bridgehead atoms. The molecule has 0 saturated carbocycles. The molecule has 16 heavy (non-hydrogen) atoms. The van der Waals surface area contributed by atoms with Gasteiger partial charge >= 0.3 is 5.97 Å². The fourth-order valence-corrected chi connectivity index (χ4v) is 2.35. The van der Waals surface area contributed by atoms with E-state index < -0.39 is 11.9 Å². The van der Waals surface area contributed by atoms with Crippen LogP contribution in [-0.2, 0) is 9.53 Å². The molecule has 0 amide bonds. The zero-order chi connectivity index (χ0) is 11.6. The first-order chi connectivity index (χ1) is 7.63. The van der Waals surface area contributed by atoms with E-state index in [2.05, 4.69) is 0 Å². The summed E-state index contributed by atoms with van der Waals surface area (Å²) in [7, 11) is 0. The first-order valence-corrected chi connectivity index (χ1v) is 5.47. The van der Waals surface area contributed by atoms with Gasteiger partial charge in [0.1, 0.15) is 11.7 Å². The van der Waals surface area contributed by atoms with Crippen LogP contribution in [0.25, 0.3) is 0 Å². The minimum absolute atomic E-state index is 0.276. The fourth-order valence-electron chi connectivity index (χ4n) is 2.35. The molecule has 2 heterocycles. The van der Waals surface area contributed by atoms with Crippen LogP contribution < -0.4 is 0 Å². The Morgan fingerprint density at radius 2 is 2.19 bits per heavy atom. The Balaban J connectivity index is 2.28. The quantitative estimate of drug-likeness (QED) is 0.855. The summed E-state index contributed by atoms with van der Waals surface area (Å²) in [6, 6.07) is 3.47. The Morgan fingerprint density at radius 3 is 2.69 bits per heavy atom. The van der Waals surface area contributed by atoms with Crippen molar-refractivity contribution in [2.24, 2.45) is 5.41 Å². The van der Waals surface area contributed by atoms with Gasteiger partial charge in [-0.3, -0.25) is 4.79 Å². The molecule has 1 saturated heterocycles. The summed E-state index contributed by atoms with van der Waals surface area (Å²) in [5.74, 6) is -0.859. The molecule has 0 spiro atoms. The van der Waals surface area contributed by atoms with Crippen LogP contribution in [0.4, 0.5) is 0 Å². The van der Waals surface area contributed by atoms with Gasteiger partial charge in [0.05, 0.1) is 6.26 Å². The maximum atomic E-state index is 11.4. The molecule has 1 unspecified atom stereocenters. The van der Waals surface area contributed by atoms with Crippen LogP contribution in [-0.4, -0.2) is 24.3 Å². The summed E-state index contributed by atoms with van der Waals surface area (Å²) in [6.45, 7) is 3.25. The third-order valence-electron chi connectivity index (χ3n) is 3.41. The van der Waals surface area contributed by atoms with Crippen molar-refractivity contribution < 1.29 is 19.1 Å². The van der Waals surface area contributed by atoms with Gasteiger partial charge in [-0.25, -0.2) is 0 Å². The first kappa shape index (κ1) is 11.2. The number of carbonyl (C=O) groups is 1. The van der Waals surface area contributed by atoms with Gasteiger partial charge in [-0.2, -0.15) is 0 Å². The maximum absolute atomic E-state index is 11.4. The predicted octanol–water partition coefficient (Wildman–Crippen LogP) is 2.26. The topological polar surface area (TPSA) is 59.7 Å². The van der Waals surface area contributed by atoms with Crippen LogP contribution in [0.3, 0.4) is 0 Å². The highest BCUT2D eigenvalue weighted by atomic mass is 16.5. The highest BCUT2D eigenvalue weighted by Gasteiger charge is 2.43. The van der Waals surface area contributed by atoms with E-state index in [0.717, 1.165) is 12.8 Å². The van der Waals surface area contributed by atoms with Crippen molar-refractivity contribution in [2.75, 3.05) is 13.2 Å². The number of rotatable bonds is 3. The molecule has 88 valence electrons. The molecule has 1 aliphatic heterocycles. The minimum atomic E-state index is -0.820. The van der Waals surface area contributed by atoms with E-state index in [1.165, 1.54) is 6.26 Å². The lowest BCUT2D eigenvalue weighted by Gasteiger charge is -2.37. The summed E-state index contributed by atoms with van der Waals surface area (Å²) in [5, 5.41) is 9.36. The molecule has 0 aliphatic carbocycles. The average molecular weight is 224 g/mol. The van der Waals surface area contributed by atoms with Crippen molar-refractivity contribution in [3.63, 3.8) is 0 Å². The van der Waals surface area contributed by atoms with Crippen molar-refractivity contribution in [3.05, 3.63) is 24.2 Å². The van der Waals surface area contributed by atoms with Gasteiger partial charge in [0.2, 0.25) is 0 Å². The standard InChI is InChI=1S/C12H16O4/c1-12(4-7-15-8-5-12)10(11(13)14)9-3-2-6-16-9/h2-3,6,10H,4-5,7-8H2,1H3,(H,13,14). The van der Waals surface area contributed by atoms with Crippen LogP contribution in [0.1, 0.15) is 31.4 Å². The van der Waals surface area contributed by atoms with Crippen molar-refractivity contribution in [3.8, 4) is 0 Å². The van der Waals surface area contributed by atoms with E-state index in [1.54, 1.807) is 12.1 Å². The fraction of sp³-hybridized carbons (Fsp3) is 0.583. The number of hydrogen-bond acceptors (Lipinski definition) is 3. The lowest BCUT2D eigenvalue weighted by atomic mass is 9.70. The molecule has 4 nitrogen and oxygen atoms in total. The normalized spacial score (nSPS) is 21.6. The summed E-state index contributed by atoms with van der Waals surface area (Å²) in [4.78, 5) is 11.4. The third kappa shape index (κ3) is 1.97. The smallest absolute Gasteiger partial charge is 0.314 e. The molecule has 1 atom stereocenters. The molecular weight excluding hydrogens is 208 g/mol. The number of ether oxygens (including phenoxy) is 1. The third-order valence-corrected chi connectivity index (χ3v) is 3.41. The molecule has 2 rings (SSSR count). The molecular formula is C12H16O4. The van der Waals surface area contributed by atoms with Gasteiger partial charge in [0.15, 0.2) is 0 Å². The Hall–Kier alpha value is -1.29. The molecule has 0 radical (unpaired) electrons. The number of carboxylic acids is 1. The summed E-state index contributed by atoms with van der Waals surface area (Å²) in [6.07, 6.45) is 3.03. The van der Waals surface area contributed by atoms with Gasteiger partial charge < -0.3 is 14.3 Å². The van der Waals surface area contributed by atoms with E-state index >= 15 is 0 Å². The maximum Gasteiger partial charge on any atom is 0.314 e. The second-order valence-electron chi connectivity index (χ2n) is 4.55. The lowest BCUT2D eigenvalue weighted by molar-refractivity contribution is -0.144. The van der Waals surface area contributed by atoms with Crippen molar-refractivity contribution in [2.45, 2.75) is 25.7 Å². The summed E-state index contributed by atoms with van der Waals surface area (Å²) >= 11 is 0. The molecule has 0 aromatic carbocycles. The van der Waals surface area contributed by atoms with Crippen molar-refractivity contribution >= 4 is 5.97 Å². The Bertz CT molecular complexity index is 349. The van der Waals surface area contributed by atoms with E-state index in [4.69, 9.17) is 9.15 Å². The van der Waals surface area contributed by atoms with Crippen LogP contribution in [0.5, 0.6) is 0 Å². The van der Waals surface area contributed by atoms with Gasteiger partial charge in [-0.05, 0) is 30.4 Å². The molecule has 4 heteroatoms. The first-order valence-electron chi connectivity index (χ1n) is 5.47. The van der Waals surface area contributed by atoms with Crippen molar-refractivity contribution in [1.82, 2.24) is 0 Å². The van der Waals surface area contributed by atoms with E-state index in [1.807, 2.05) is 6.92 Å². The monoisotopic (exact) mass is 224 g/mol. The Morgan fingerprint density at radius 1 is 1.50 bits per heavy atom. The Labute approximate surface area is 94.2 Å². The number of carboxylic acid groups (broad SMARTS) is 1. The Kier molecular flexibility index (Phi) is 3.01.